The van der Waals surface area contributed by atoms with E-state index in [4.69, 9.17) is 22.2 Å². The number of aromatic amines is 1. The molecule has 1 aromatic carbocycles. The van der Waals surface area contributed by atoms with Gasteiger partial charge in [-0.3, -0.25) is 19.3 Å². The van der Waals surface area contributed by atoms with Crippen molar-refractivity contribution in [2.45, 2.75) is 43.7 Å². The summed E-state index contributed by atoms with van der Waals surface area (Å²) in [4.78, 5) is 62.5. The molecule has 3 aromatic rings. The van der Waals surface area contributed by atoms with Gasteiger partial charge in [0.15, 0.2) is 34.2 Å². The zero-order valence-electron chi connectivity index (χ0n) is 28.2. The first-order valence-corrected chi connectivity index (χ1v) is 18.8. The molecule has 0 aliphatic carbocycles. The van der Waals surface area contributed by atoms with Gasteiger partial charge in [-0.25, -0.2) is 14.9 Å². The number of phenolic OH excluding ortho intramolecular Hbond substituents is 2. The Morgan fingerprint density at radius 3 is 2.66 bits per heavy atom. The number of hydrogen-bond acceptors (Lipinski definition) is 15. The number of likely N-dealkylation sites (tertiary alicyclic amines) is 1. The lowest BCUT2D eigenvalue weighted by Gasteiger charge is -2.50. The number of tetrazole rings is 1. The maximum Gasteiger partial charge on any atom is 0.350 e. The van der Waals surface area contributed by atoms with Gasteiger partial charge in [-0.05, 0) is 47.6 Å². The smallest absolute Gasteiger partial charge is 0.350 e. The number of oxime groups is 1. The van der Waals surface area contributed by atoms with Crippen molar-refractivity contribution in [1.82, 2.24) is 41.1 Å². The number of fused-ring (bicyclic) bond motifs is 1. The minimum atomic E-state index is -1.81. The lowest BCUT2D eigenvalue weighted by atomic mass is 10.0. The van der Waals surface area contributed by atoms with Crippen molar-refractivity contribution in [3.8, 4) is 11.5 Å². The molecule has 0 radical (unpaired) electrons. The Labute approximate surface area is 312 Å². The molecule has 2 saturated heterocycles. The highest BCUT2D eigenvalue weighted by Crippen LogP contribution is 2.41. The summed E-state index contributed by atoms with van der Waals surface area (Å²) in [6.45, 7) is 4.96. The highest BCUT2D eigenvalue weighted by Gasteiger charge is 2.61. The van der Waals surface area contributed by atoms with E-state index in [0.717, 1.165) is 37.3 Å². The first kappa shape index (κ1) is 37.7. The summed E-state index contributed by atoms with van der Waals surface area (Å²) >= 11 is 5.36. The molecule has 8 N–H and O–H groups in total. The van der Waals surface area contributed by atoms with Crippen LogP contribution >= 0.6 is 22.9 Å². The average molecular weight is 793 g/mol. The van der Waals surface area contributed by atoms with Gasteiger partial charge in [-0.2, -0.15) is 0 Å². The molecule has 282 valence electrons. The fourth-order valence-electron chi connectivity index (χ4n) is 6.37. The number of benzene rings is 1. The molecular formula is C30H35ClN11O9S2+. The number of carboxylic acid groups (broad SMARTS) is 1. The molecule has 20 nitrogen and oxygen atoms in total. The molecule has 0 saturated carbocycles. The van der Waals surface area contributed by atoms with Crippen LogP contribution in [-0.4, -0.2) is 140 Å². The van der Waals surface area contributed by atoms with Gasteiger partial charge in [-0.15, -0.1) is 16.4 Å². The fraction of sp³-hybridized carbons (Fsp3) is 0.433. The SMILES string of the molecule is CC(C)(O/N=C(\C(=O)N[C@@H]1C(=O)N2C(c3nnn[nH]3)=C(C[N+]3(CCNC(=O)c4ccc(O)c(O)c4Cl)CCCC3)C[S+]([O-])[C@H]12)c1csc(N)n1)C(=O)O. The number of amides is 3. The van der Waals surface area contributed by atoms with E-state index in [1.807, 2.05) is 0 Å². The number of H-pyrrole nitrogens is 1. The number of anilines is 1. The van der Waals surface area contributed by atoms with Crippen molar-refractivity contribution in [2.75, 3.05) is 44.2 Å². The number of quaternary nitrogens is 1. The Morgan fingerprint density at radius 2 is 2.02 bits per heavy atom. The molecule has 0 spiro atoms. The second-order valence-electron chi connectivity index (χ2n) is 13.1. The van der Waals surface area contributed by atoms with Gasteiger partial charge in [0.2, 0.25) is 11.0 Å². The van der Waals surface area contributed by atoms with Crippen LogP contribution in [-0.2, 0) is 30.4 Å². The van der Waals surface area contributed by atoms with Crippen molar-refractivity contribution in [2.24, 2.45) is 5.16 Å². The second-order valence-corrected chi connectivity index (χ2v) is 15.9. The molecule has 2 fully saturated rings. The summed E-state index contributed by atoms with van der Waals surface area (Å²) in [5.74, 6) is -4.29. The third kappa shape index (κ3) is 7.44. The van der Waals surface area contributed by atoms with E-state index in [1.165, 1.54) is 36.3 Å². The Hall–Kier alpha value is -5.03. The van der Waals surface area contributed by atoms with E-state index >= 15 is 0 Å². The van der Waals surface area contributed by atoms with Crippen molar-refractivity contribution >= 4 is 74.3 Å². The van der Waals surface area contributed by atoms with Crippen LogP contribution in [0.2, 0.25) is 5.02 Å². The molecule has 1 unspecified atom stereocenters. The molecule has 3 amide bonds. The molecule has 23 heteroatoms. The van der Waals surface area contributed by atoms with E-state index in [0.29, 0.717) is 28.8 Å². The average Bonchev–Trinajstić information content (AvgIpc) is 3.90. The monoisotopic (exact) mass is 792 g/mol. The molecule has 0 bridgehead atoms. The van der Waals surface area contributed by atoms with E-state index in [-0.39, 0.29) is 39.5 Å². The Kier molecular flexibility index (Phi) is 10.5. The lowest BCUT2D eigenvalue weighted by molar-refractivity contribution is -0.911. The number of rotatable bonds is 13. The predicted octanol–water partition coefficient (Wildman–Crippen LogP) is -0.246. The van der Waals surface area contributed by atoms with Crippen LogP contribution < -0.4 is 16.4 Å². The van der Waals surface area contributed by atoms with Crippen molar-refractivity contribution < 1.29 is 48.4 Å². The Morgan fingerprint density at radius 1 is 1.28 bits per heavy atom. The number of nitrogens with one attached hydrogen (secondary N) is 3. The zero-order valence-corrected chi connectivity index (χ0v) is 30.6. The van der Waals surface area contributed by atoms with Gasteiger partial charge in [0.05, 0.1) is 42.3 Å². The van der Waals surface area contributed by atoms with E-state index in [2.05, 4.69) is 41.4 Å². The number of carbonyl (C=O) groups is 4. The first-order valence-electron chi connectivity index (χ1n) is 16.1. The van der Waals surface area contributed by atoms with Crippen LogP contribution in [0, 0.1) is 0 Å². The number of thiazole rings is 1. The number of β-lactam (4-membered cyclic amide) rings is 1. The molecule has 53 heavy (non-hydrogen) atoms. The van der Waals surface area contributed by atoms with Crippen LogP contribution in [0.25, 0.3) is 5.70 Å². The number of halogens is 1. The number of carboxylic acids is 1. The minimum Gasteiger partial charge on any atom is -0.614 e. The Balaban J connectivity index is 1.22. The van der Waals surface area contributed by atoms with Crippen molar-refractivity contribution in [3.63, 3.8) is 0 Å². The number of aliphatic carboxylic acids is 1. The Bertz CT molecular complexity index is 2000. The fourth-order valence-corrected chi connectivity index (χ4v) is 8.84. The van der Waals surface area contributed by atoms with Gasteiger partial charge in [-0.1, -0.05) is 16.8 Å². The minimum absolute atomic E-state index is 0.00449. The van der Waals surface area contributed by atoms with Crippen LogP contribution in [0.15, 0.2) is 28.2 Å². The highest BCUT2D eigenvalue weighted by atomic mass is 35.5. The number of nitrogens with zero attached hydrogens (tertiary/aromatic N) is 7. The molecule has 6 rings (SSSR count). The summed E-state index contributed by atoms with van der Waals surface area (Å²) < 4.78 is 14.4. The molecule has 5 heterocycles. The highest BCUT2D eigenvalue weighted by molar-refractivity contribution is 7.92. The van der Waals surface area contributed by atoms with Gasteiger partial charge < -0.3 is 45.6 Å². The van der Waals surface area contributed by atoms with Crippen LogP contribution in [0.1, 0.15) is 48.6 Å². The number of phenols is 2. The van der Waals surface area contributed by atoms with E-state index < -0.39 is 69.1 Å². The van der Waals surface area contributed by atoms with E-state index in [9.17, 15) is 39.1 Å². The maximum atomic E-state index is 13.9. The largest absolute Gasteiger partial charge is 0.614 e. The van der Waals surface area contributed by atoms with Gasteiger partial charge in [0.25, 0.3) is 17.7 Å². The zero-order chi connectivity index (χ0) is 38.2. The van der Waals surface area contributed by atoms with Gasteiger partial charge in [0, 0.05) is 18.2 Å². The molecule has 3 aliphatic heterocycles. The summed E-state index contributed by atoms with van der Waals surface area (Å²) in [5.41, 5.74) is 4.46. The van der Waals surface area contributed by atoms with Crippen LogP contribution in [0.4, 0.5) is 5.13 Å². The van der Waals surface area contributed by atoms with Crippen LogP contribution in [0.5, 0.6) is 11.5 Å². The van der Waals surface area contributed by atoms with Gasteiger partial charge >= 0.3 is 5.97 Å². The molecule has 3 atom stereocenters. The number of hydrogen-bond donors (Lipinski definition) is 7. The summed E-state index contributed by atoms with van der Waals surface area (Å²) in [5, 5.41) is 52.6. The van der Waals surface area contributed by atoms with Crippen LogP contribution in [0.3, 0.4) is 0 Å². The normalized spacial score (nSPS) is 21.2. The number of nitrogens with two attached hydrogens (primary N) is 1. The molecule has 2 aromatic heterocycles. The van der Waals surface area contributed by atoms with Crippen molar-refractivity contribution in [1.29, 1.82) is 0 Å². The van der Waals surface area contributed by atoms with E-state index in [1.54, 1.807) is 0 Å². The first-order chi connectivity index (χ1) is 25.1. The summed E-state index contributed by atoms with van der Waals surface area (Å²) in [6, 6.07) is 1.21. The quantitative estimate of drug-likeness (QED) is 0.0294. The second kappa shape index (κ2) is 14.8. The van der Waals surface area contributed by atoms with Crippen molar-refractivity contribution in [3.05, 3.63) is 45.2 Å². The maximum absolute atomic E-state index is 13.9. The third-order valence-corrected chi connectivity index (χ3v) is 11.9. The standard InChI is InChI=1S/C30H34ClN11O9S2/c1-30(2,28(48)49)51-38-19(16-12-52-29(32)34-16)25(46)35-20-26(47)41-21(23-36-39-40-37-23)14(13-53(50)27(20)41)11-42(8-3-4-9-42)10-7-33-24(45)15-5-6-17(43)22(44)18(15)31/h5-6,12,20,27H,3-4,7-11,13H2,1-2H3,(H7-,32,33,34,35,36,37,38,39,40,43,44,45,46,48,49)/p+1/t20-,27-,53?/m1/s1. The molecule has 3 aliphatic rings. The number of aromatic hydroxyl groups is 2. The number of carbonyl (C=O) groups excluding carboxylic acids is 3. The number of nitrogen functional groups attached to an aromatic ring is 1. The third-order valence-electron chi connectivity index (χ3n) is 9.17. The predicted molar refractivity (Wildman–Crippen MR) is 189 cm³/mol. The summed E-state index contributed by atoms with van der Waals surface area (Å²) in [6.07, 6.45) is 1.78. The molecular weight excluding hydrogens is 758 g/mol. The number of aromatic nitrogens is 5. The topological polar surface area (TPSA) is 294 Å². The van der Waals surface area contributed by atoms with Gasteiger partial charge in [0.1, 0.15) is 23.7 Å². The summed E-state index contributed by atoms with van der Waals surface area (Å²) in [7, 11) is 0. The lowest BCUT2D eigenvalue weighted by Crippen LogP contribution is -2.74.